The van der Waals surface area contributed by atoms with Crippen molar-refractivity contribution in [1.29, 1.82) is 0 Å². The van der Waals surface area contributed by atoms with Crippen molar-refractivity contribution in [3.05, 3.63) is 84.4 Å². The fourth-order valence-electron chi connectivity index (χ4n) is 4.17. The highest BCUT2D eigenvalue weighted by Gasteiger charge is 2.16. The van der Waals surface area contributed by atoms with Gasteiger partial charge in [0.05, 0.1) is 6.54 Å². The van der Waals surface area contributed by atoms with E-state index in [2.05, 4.69) is 16.0 Å². The second-order valence-corrected chi connectivity index (χ2v) is 8.83. The Hall–Kier alpha value is -4.00. The maximum Gasteiger partial charge on any atom is 0.251 e. The maximum absolute atomic E-state index is 12.6. The number of amides is 2. The lowest BCUT2D eigenvalue weighted by atomic mass is 9.95. The molecule has 1 aliphatic carbocycles. The average Bonchev–Trinajstić information content (AvgIpc) is 2.91. The molecule has 7 nitrogen and oxygen atoms in total. The second-order valence-electron chi connectivity index (χ2n) is 8.83. The molecule has 3 N–H and O–H groups in total. The van der Waals surface area contributed by atoms with Gasteiger partial charge in [-0.3, -0.25) is 9.59 Å². The van der Waals surface area contributed by atoms with E-state index >= 15 is 0 Å². The van der Waals surface area contributed by atoms with E-state index in [1.54, 1.807) is 24.3 Å². The van der Waals surface area contributed by atoms with Gasteiger partial charge in [0.2, 0.25) is 5.91 Å². The van der Waals surface area contributed by atoms with Gasteiger partial charge in [-0.25, -0.2) is 0 Å². The first-order chi connectivity index (χ1) is 17.7. The Labute approximate surface area is 212 Å². The molecular weight excluding hydrogens is 454 g/mol. The Morgan fingerprint density at radius 3 is 2.25 bits per heavy atom. The molecule has 2 amide bonds. The average molecular weight is 488 g/mol. The van der Waals surface area contributed by atoms with Gasteiger partial charge in [-0.1, -0.05) is 49.6 Å². The molecule has 0 aliphatic heterocycles. The molecule has 1 aliphatic rings. The first-order valence-corrected chi connectivity index (χ1v) is 12.5. The molecule has 188 valence electrons. The van der Waals surface area contributed by atoms with E-state index in [0.29, 0.717) is 30.2 Å². The lowest BCUT2D eigenvalue weighted by Gasteiger charge is -2.22. The van der Waals surface area contributed by atoms with Crippen molar-refractivity contribution in [3.63, 3.8) is 0 Å². The largest absolute Gasteiger partial charge is 0.490 e. The van der Waals surface area contributed by atoms with Crippen LogP contribution in [0.3, 0.4) is 0 Å². The summed E-state index contributed by atoms with van der Waals surface area (Å²) in [6.45, 7) is 0.879. The number of para-hydroxylation sites is 1. The van der Waals surface area contributed by atoms with Crippen LogP contribution >= 0.6 is 0 Å². The molecule has 3 aromatic carbocycles. The van der Waals surface area contributed by atoms with Crippen LogP contribution in [-0.2, 0) is 4.79 Å². The van der Waals surface area contributed by atoms with Crippen LogP contribution in [0.25, 0.3) is 0 Å². The predicted molar refractivity (Wildman–Crippen MR) is 142 cm³/mol. The van der Waals surface area contributed by atoms with Crippen LogP contribution in [0.2, 0.25) is 0 Å². The van der Waals surface area contributed by atoms with Gasteiger partial charge in [0.15, 0.2) is 0 Å². The Morgan fingerprint density at radius 2 is 1.44 bits per heavy atom. The number of hydrogen-bond donors (Lipinski definition) is 3. The van der Waals surface area contributed by atoms with Crippen molar-refractivity contribution in [1.82, 2.24) is 5.32 Å². The van der Waals surface area contributed by atoms with Crippen LogP contribution in [0.5, 0.6) is 11.5 Å². The van der Waals surface area contributed by atoms with Crippen LogP contribution in [0.4, 0.5) is 11.4 Å². The summed E-state index contributed by atoms with van der Waals surface area (Å²) in [4.78, 5) is 25.1. The molecule has 0 spiro atoms. The smallest absolute Gasteiger partial charge is 0.251 e. The Balaban J connectivity index is 1.21. The highest BCUT2D eigenvalue weighted by atomic mass is 16.5. The highest BCUT2D eigenvalue weighted by molar-refractivity contribution is 5.96. The number of carbonyl (C=O) groups excluding carboxylic acids is 2. The van der Waals surface area contributed by atoms with E-state index in [1.165, 1.54) is 19.3 Å². The molecule has 0 radical (unpaired) electrons. The van der Waals surface area contributed by atoms with Gasteiger partial charge in [0.1, 0.15) is 24.7 Å². The highest BCUT2D eigenvalue weighted by Crippen LogP contribution is 2.19. The standard InChI is InChI=1S/C29H33N3O4/c33-28(21-30-24-12-7-9-22(19-24)29(34)32-23-10-3-1-4-11-23)31-25-13-8-16-27(20-25)36-18-17-35-26-14-5-2-6-15-26/h2,5-9,12-16,19-20,23,30H,1,3-4,10-11,17-18,21H2,(H,31,33)(H,32,34). The zero-order valence-corrected chi connectivity index (χ0v) is 20.4. The Bertz CT molecular complexity index is 1130. The molecule has 1 saturated carbocycles. The number of benzene rings is 3. The summed E-state index contributed by atoms with van der Waals surface area (Å²) < 4.78 is 11.4. The fraction of sp³-hybridized carbons (Fsp3) is 0.310. The third-order valence-electron chi connectivity index (χ3n) is 6.00. The normalized spacial score (nSPS) is 13.4. The number of nitrogens with one attached hydrogen (secondary N) is 3. The predicted octanol–water partition coefficient (Wildman–Crippen LogP) is 5.26. The summed E-state index contributed by atoms with van der Waals surface area (Å²) in [6.07, 6.45) is 5.66. The van der Waals surface area contributed by atoms with E-state index in [9.17, 15) is 9.59 Å². The van der Waals surface area contributed by atoms with Gasteiger partial charge >= 0.3 is 0 Å². The van der Waals surface area contributed by atoms with Crippen LogP contribution in [-0.4, -0.2) is 37.6 Å². The molecule has 0 unspecified atom stereocenters. The van der Waals surface area contributed by atoms with Gasteiger partial charge in [-0.2, -0.15) is 0 Å². The van der Waals surface area contributed by atoms with Crippen LogP contribution in [0.15, 0.2) is 78.9 Å². The lowest BCUT2D eigenvalue weighted by molar-refractivity contribution is -0.114. The Morgan fingerprint density at radius 1 is 0.750 bits per heavy atom. The topological polar surface area (TPSA) is 88.7 Å². The summed E-state index contributed by atoms with van der Waals surface area (Å²) in [5.41, 5.74) is 1.95. The SMILES string of the molecule is O=C(CNc1cccc(C(=O)NC2CCCCC2)c1)Nc1cccc(OCCOc2ccccc2)c1. The quantitative estimate of drug-likeness (QED) is 0.321. The van der Waals surface area contributed by atoms with Crippen molar-refractivity contribution >= 4 is 23.2 Å². The van der Waals surface area contributed by atoms with Crippen molar-refractivity contribution in [2.24, 2.45) is 0 Å². The number of rotatable bonds is 11. The van der Waals surface area contributed by atoms with Gasteiger partial charge in [0.25, 0.3) is 5.91 Å². The van der Waals surface area contributed by atoms with E-state index < -0.39 is 0 Å². The van der Waals surface area contributed by atoms with Crippen molar-refractivity contribution in [2.45, 2.75) is 38.1 Å². The first-order valence-electron chi connectivity index (χ1n) is 12.5. The Kier molecular flexibility index (Phi) is 9.19. The molecule has 0 aromatic heterocycles. The van der Waals surface area contributed by atoms with Crippen LogP contribution in [0, 0.1) is 0 Å². The molecular formula is C29H33N3O4. The van der Waals surface area contributed by atoms with Crippen molar-refractivity contribution in [3.8, 4) is 11.5 Å². The fourth-order valence-corrected chi connectivity index (χ4v) is 4.17. The zero-order chi connectivity index (χ0) is 25.0. The third kappa shape index (κ3) is 8.05. The number of carbonyl (C=O) groups is 2. The van der Waals surface area contributed by atoms with Crippen LogP contribution < -0.4 is 25.4 Å². The van der Waals surface area contributed by atoms with Crippen molar-refractivity contribution in [2.75, 3.05) is 30.4 Å². The molecule has 0 bridgehead atoms. The number of ether oxygens (including phenoxy) is 2. The summed E-state index contributed by atoms with van der Waals surface area (Å²) >= 11 is 0. The minimum Gasteiger partial charge on any atom is -0.490 e. The van der Waals surface area contributed by atoms with Gasteiger partial charge in [0, 0.05) is 29.0 Å². The molecule has 0 heterocycles. The van der Waals surface area contributed by atoms with E-state index in [-0.39, 0.29) is 24.4 Å². The number of anilines is 2. The second kappa shape index (κ2) is 13.2. The van der Waals surface area contributed by atoms with Crippen molar-refractivity contribution < 1.29 is 19.1 Å². The molecule has 0 atom stereocenters. The molecule has 36 heavy (non-hydrogen) atoms. The molecule has 1 fully saturated rings. The zero-order valence-electron chi connectivity index (χ0n) is 20.4. The minimum absolute atomic E-state index is 0.0685. The molecule has 0 saturated heterocycles. The van der Waals surface area contributed by atoms with Gasteiger partial charge in [-0.05, 0) is 55.3 Å². The minimum atomic E-state index is -0.198. The third-order valence-corrected chi connectivity index (χ3v) is 6.00. The molecule has 4 rings (SSSR count). The number of hydrogen-bond acceptors (Lipinski definition) is 5. The van der Waals surface area contributed by atoms with E-state index in [0.717, 1.165) is 24.3 Å². The summed E-state index contributed by atoms with van der Waals surface area (Å²) in [5.74, 6) is 1.18. The monoisotopic (exact) mass is 487 g/mol. The molecule has 7 heteroatoms. The summed E-state index contributed by atoms with van der Waals surface area (Å²) in [5, 5.41) is 9.09. The van der Waals surface area contributed by atoms with Gasteiger partial charge < -0.3 is 25.4 Å². The lowest BCUT2D eigenvalue weighted by Crippen LogP contribution is -2.36. The maximum atomic E-state index is 12.6. The van der Waals surface area contributed by atoms with Gasteiger partial charge in [-0.15, -0.1) is 0 Å². The first kappa shape index (κ1) is 25.1. The summed E-state index contributed by atoms with van der Waals surface area (Å²) in [7, 11) is 0. The van der Waals surface area contributed by atoms with E-state index in [4.69, 9.17) is 9.47 Å². The summed E-state index contributed by atoms with van der Waals surface area (Å²) in [6, 6.07) is 24.3. The molecule has 3 aromatic rings. The van der Waals surface area contributed by atoms with E-state index in [1.807, 2.05) is 54.6 Å². The van der Waals surface area contributed by atoms with Crippen LogP contribution in [0.1, 0.15) is 42.5 Å².